The molecule has 2 aliphatic rings. The van der Waals surface area contributed by atoms with Gasteiger partial charge in [0.05, 0.1) is 4.90 Å². The number of halogens is 2. The van der Waals surface area contributed by atoms with Crippen LogP contribution in [0.5, 0.6) is 0 Å². The van der Waals surface area contributed by atoms with Crippen molar-refractivity contribution in [3.8, 4) is 0 Å². The second kappa shape index (κ2) is 6.28. The number of nitrogens with zero attached hydrogens (tertiary/aromatic N) is 1. The summed E-state index contributed by atoms with van der Waals surface area (Å²) in [5.41, 5.74) is 0. The monoisotopic (exact) mass is 436 g/mol. The Balaban J connectivity index is 1.93. The van der Waals surface area contributed by atoms with Gasteiger partial charge in [-0.15, -0.1) is 0 Å². The Labute approximate surface area is 142 Å². The van der Waals surface area contributed by atoms with E-state index in [1.165, 1.54) is 0 Å². The van der Waals surface area contributed by atoms with Crippen LogP contribution in [0.3, 0.4) is 0 Å². The molecule has 2 fully saturated rings. The molecule has 2 saturated heterocycles. The van der Waals surface area contributed by atoms with E-state index in [0.717, 1.165) is 36.7 Å². The molecule has 0 bridgehead atoms. The zero-order chi connectivity index (χ0) is 15.0. The summed E-state index contributed by atoms with van der Waals surface area (Å²) in [6.45, 7) is 1.62. The number of benzene rings is 1. The molecule has 2 aliphatic heterocycles. The zero-order valence-electron chi connectivity index (χ0n) is 11.6. The summed E-state index contributed by atoms with van der Waals surface area (Å²) in [7, 11) is -3.45. The molecule has 0 saturated carbocycles. The van der Waals surface area contributed by atoms with Gasteiger partial charge in [0, 0.05) is 27.6 Å². The van der Waals surface area contributed by atoms with Crippen molar-refractivity contribution in [2.75, 3.05) is 13.1 Å². The van der Waals surface area contributed by atoms with Crippen LogP contribution in [0.2, 0.25) is 0 Å². The van der Waals surface area contributed by atoms with Crippen LogP contribution in [-0.4, -0.2) is 37.9 Å². The molecule has 116 valence electrons. The average molecular weight is 438 g/mol. The van der Waals surface area contributed by atoms with E-state index in [2.05, 4.69) is 37.2 Å². The van der Waals surface area contributed by atoms with Crippen LogP contribution < -0.4 is 5.32 Å². The molecular formula is C14H18Br2N2O2S. The normalized spacial score (nSPS) is 27.3. The van der Waals surface area contributed by atoms with Crippen LogP contribution in [0.4, 0.5) is 0 Å². The molecule has 1 N–H and O–H groups in total. The first-order valence-electron chi connectivity index (χ1n) is 7.20. The highest BCUT2D eigenvalue weighted by Crippen LogP contribution is 2.34. The van der Waals surface area contributed by atoms with E-state index in [4.69, 9.17) is 0 Å². The SMILES string of the molecule is O=S(=O)(c1ccc(Br)cc1Br)N1CCCC1C1CCCN1. The molecule has 0 aliphatic carbocycles. The van der Waals surface area contributed by atoms with Crippen LogP contribution in [-0.2, 0) is 10.0 Å². The van der Waals surface area contributed by atoms with Crippen molar-refractivity contribution < 1.29 is 8.42 Å². The molecule has 2 heterocycles. The maximum Gasteiger partial charge on any atom is 0.244 e. The van der Waals surface area contributed by atoms with E-state index in [-0.39, 0.29) is 6.04 Å². The molecule has 0 spiro atoms. The summed E-state index contributed by atoms with van der Waals surface area (Å²) < 4.78 is 29.1. The second-order valence-electron chi connectivity index (χ2n) is 5.60. The largest absolute Gasteiger partial charge is 0.312 e. The first-order valence-corrected chi connectivity index (χ1v) is 10.2. The Kier molecular flexibility index (Phi) is 4.76. The summed E-state index contributed by atoms with van der Waals surface area (Å²) in [5.74, 6) is 0. The number of hydrogen-bond acceptors (Lipinski definition) is 3. The average Bonchev–Trinajstić information content (AvgIpc) is 3.09. The van der Waals surface area contributed by atoms with Crippen molar-refractivity contribution in [2.24, 2.45) is 0 Å². The molecule has 0 aromatic heterocycles. The number of rotatable bonds is 3. The third-order valence-electron chi connectivity index (χ3n) is 4.29. The Bertz CT molecular complexity index is 630. The van der Waals surface area contributed by atoms with Gasteiger partial charge in [0.15, 0.2) is 0 Å². The Hall–Kier alpha value is 0.0500. The lowest BCUT2D eigenvalue weighted by Crippen LogP contribution is -2.46. The zero-order valence-corrected chi connectivity index (χ0v) is 15.5. The van der Waals surface area contributed by atoms with E-state index < -0.39 is 10.0 Å². The van der Waals surface area contributed by atoms with Crippen molar-refractivity contribution >= 4 is 41.9 Å². The number of sulfonamides is 1. The summed E-state index contributed by atoms with van der Waals surface area (Å²) in [5, 5.41) is 3.45. The molecule has 0 radical (unpaired) electrons. The van der Waals surface area contributed by atoms with Crippen molar-refractivity contribution in [2.45, 2.75) is 42.7 Å². The first kappa shape index (κ1) is 15.9. The van der Waals surface area contributed by atoms with E-state index >= 15 is 0 Å². The molecule has 3 rings (SSSR count). The Morgan fingerprint density at radius 1 is 1.19 bits per heavy atom. The molecule has 2 atom stereocenters. The van der Waals surface area contributed by atoms with E-state index in [1.54, 1.807) is 22.5 Å². The van der Waals surface area contributed by atoms with Crippen LogP contribution in [0.25, 0.3) is 0 Å². The lowest BCUT2D eigenvalue weighted by Gasteiger charge is -2.29. The molecule has 21 heavy (non-hydrogen) atoms. The summed E-state index contributed by atoms with van der Waals surface area (Å²) in [4.78, 5) is 0.357. The predicted octanol–water partition coefficient (Wildman–Crippen LogP) is 3.12. The standard InChI is InChI=1S/C14H18Br2N2O2S/c15-10-5-6-14(11(16)9-10)21(19,20)18-8-2-4-13(18)12-3-1-7-17-12/h5-6,9,12-13,17H,1-4,7-8H2. The van der Waals surface area contributed by atoms with Gasteiger partial charge in [0.1, 0.15) is 0 Å². The summed E-state index contributed by atoms with van der Waals surface area (Å²) in [6.07, 6.45) is 4.09. The lowest BCUT2D eigenvalue weighted by atomic mass is 10.1. The Morgan fingerprint density at radius 3 is 2.67 bits per heavy atom. The molecule has 1 aromatic carbocycles. The molecule has 0 amide bonds. The molecule has 2 unspecified atom stereocenters. The van der Waals surface area contributed by atoms with Gasteiger partial charge in [-0.2, -0.15) is 4.31 Å². The number of hydrogen-bond donors (Lipinski definition) is 1. The highest BCUT2D eigenvalue weighted by molar-refractivity contribution is 9.11. The van der Waals surface area contributed by atoms with Crippen molar-refractivity contribution in [3.63, 3.8) is 0 Å². The smallest absolute Gasteiger partial charge is 0.244 e. The van der Waals surface area contributed by atoms with Gasteiger partial charge in [-0.3, -0.25) is 0 Å². The van der Waals surface area contributed by atoms with Crippen LogP contribution in [0, 0.1) is 0 Å². The van der Waals surface area contributed by atoms with Crippen molar-refractivity contribution in [1.82, 2.24) is 9.62 Å². The molecule has 4 nitrogen and oxygen atoms in total. The van der Waals surface area contributed by atoms with Gasteiger partial charge >= 0.3 is 0 Å². The fourth-order valence-electron chi connectivity index (χ4n) is 3.32. The maximum absolute atomic E-state index is 13.0. The van der Waals surface area contributed by atoms with Crippen LogP contribution >= 0.6 is 31.9 Å². The van der Waals surface area contributed by atoms with E-state index in [0.29, 0.717) is 22.0 Å². The molecule has 1 aromatic rings. The van der Waals surface area contributed by atoms with Gasteiger partial charge in [-0.25, -0.2) is 8.42 Å². The van der Waals surface area contributed by atoms with Crippen molar-refractivity contribution in [1.29, 1.82) is 0 Å². The predicted molar refractivity (Wildman–Crippen MR) is 89.8 cm³/mol. The highest BCUT2D eigenvalue weighted by atomic mass is 79.9. The second-order valence-corrected chi connectivity index (χ2v) is 9.23. The minimum absolute atomic E-state index is 0.0908. The van der Waals surface area contributed by atoms with Crippen LogP contribution in [0.1, 0.15) is 25.7 Å². The van der Waals surface area contributed by atoms with Crippen LogP contribution in [0.15, 0.2) is 32.0 Å². The fourth-order valence-corrected chi connectivity index (χ4v) is 6.75. The topological polar surface area (TPSA) is 49.4 Å². The maximum atomic E-state index is 13.0. The van der Waals surface area contributed by atoms with Crippen molar-refractivity contribution in [3.05, 3.63) is 27.1 Å². The van der Waals surface area contributed by atoms with Gasteiger partial charge in [-0.1, -0.05) is 15.9 Å². The van der Waals surface area contributed by atoms with E-state index in [1.807, 2.05) is 0 Å². The quantitative estimate of drug-likeness (QED) is 0.790. The first-order chi connectivity index (χ1) is 10.00. The Morgan fingerprint density at radius 2 is 2.00 bits per heavy atom. The molecular weight excluding hydrogens is 420 g/mol. The third kappa shape index (κ3) is 3.08. The minimum atomic E-state index is -3.45. The van der Waals surface area contributed by atoms with Gasteiger partial charge in [0.25, 0.3) is 0 Å². The minimum Gasteiger partial charge on any atom is -0.312 e. The fraction of sp³-hybridized carbons (Fsp3) is 0.571. The summed E-state index contributed by atoms with van der Waals surface area (Å²) in [6, 6.07) is 5.62. The van der Waals surface area contributed by atoms with E-state index in [9.17, 15) is 8.42 Å². The lowest BCUT2D eigenvalue weighted by molar-refractivity contribution is 0.322. The number of nitrogens with one attached hydrogen (secondary N) is 1. The summed E-state index contributed by atoms with van der Waals surface area (Å²) >= 11 is 6.75. The third-order valence-corrected chi connectivity index (χ3v) is 7.69. The highest BCUT2D eigenvalue weighted by Gasteiger charge is 2.40. The molecule has 7 heteroatoms. The van der Waals surface area contributed by atoms with Gasteiger partial charge < -0.3 is 5.32 Å². The van der Waals surface area contributed by atoms with Gasteiger partial charge in [-0.05, 0) is 66.4 Å². The van der Waals surface area contributed by atoms with Gasteiger partial charge in [0.2, 0.25) is 10.0 Å².